The van der Waals surface area contributed by atoms with Gasteiger partial charge in [-0.15, -0.1) is 0 Å². The number of hydrogen-bond donors (Lipinski definition) is 0. The molecular formula is C13H10ClN3. The lowest BCUT2D eigenvalue weighted by atomic mass is 10.2. The summed E-state index contributed by atoms with van der Waals surface area (Å²) in [5, 5.41) is 0.758. The van der Waals surface area contributed by atoms with Crippen molar-refractivity contribution >= 4 is 22.6 Å². The second kappa shape index (κ2) is 4.18. The molecule has 84 valence electrons. The summed E-state index contributed by atoms with van der Waals surface area (Å²) >= 11 is 5.86. The molecule has 3 nitrogen and oxygen atoms in total. The molecule has 1 aromatic carbocycles. The highest BCUT2D eigenvalue weighted by Gasteiger charge is 2.02. The van der Waals surface area contributed by atoms with E-state index in [1.54, 1.807) is 12.4 Å². The van der Waals surface area contributed by atoms with Crippen LogP contribution in [0.1, 0.15) is 5.56 Å². The van der Waals surface area contributed by atoms with Gasteiger partial charge in [0.2, 0.25) is 0 Å². The Balaban J connectivity index is 1.97. The number of aromatic nitrogens is 3. The van der Waals surface area contributed by atoms with E-state index >= 15 is 0 Å². The third-order valence-corrected chi connectivity index (χ3v) is 2.94. The average Bonchev–Trinajstić information content (AvgIpc) is 2.76. The maximum Gasteiger partial charge on any atom is 0.107 e. The third kappa shape index (κ3) is 2.01. The maximum atomic E-state index is 5.86. The quantitative estimate of drug-likeness (QED) is 0.692. The minimum atomic E-state index is 0.758. The number of nitrogens with zero attached hydrogens (tertiary/aromatic N) is 3. The van der Waals surface area contributed by atoms with Gasteiger partial charge in [0.05, 0.1) is 18.0 Å². The first-order chi connectivity index (χ1) is 8.33. The van der Waals surface area contributed by atoms with Crippen LogP contribution in [0.3, 0.4) is 0 Å². The van der Waals surface area contributed by atoms with Crippen LogP contribution >= 0.6 is 11.6 Å². The van der Waals surface area contributed by atoms with Crippen molar-refractivity contribution in [3.63, 3.8) is 0 Å². The van der Waals surface area contributed by atoms with Crippen molar-refractivity contribution in [1.82, 2.24) is 14.5 Å². The molecule has 0 aliphatic rings. The highest BCUT2D eigenvalue weighted by atomic mass is 35.5. The number of imidazole rings is 1. The van der Waals surface area contributed by atoms with Crippen molar-refractivity contribution in [2.45, 2.75) is 6.54 Å². The van der Waals surface area contributed by atoms with Gasteiger partial charge >= 0.3 is 0 Å². The zero-order valence-corrected chi connectivity index (χ0v) is 9.80. The first kappa shape index (κ1) is 10.3. The van der Waals surface area contributed by atoms with Crippen LogP contribution < -0.4 is 0 Å². The van der Waals surface area contributed by atoms with Crippen LogP contribution in [0.4, 0.5) is 0 Å². The Kier molecular flexibility index (Phi) is 2.53. The van der Waals surface area contributed by atoms with Crippen molar-refractivity contribution in [1.29, 1.82) is 0 Å². The summed E-state index contributed by atoms with van der Waals surface area (Å²) in [4.78, 5) is 8.36. The number of pyridine rings is 1. The van der Waals surface area contributed by atoms with Crippen molar-refractivity contribution in [2.24, 2.45) is 0 Å². The average molecular weight is 244 g/mol. The topological polar surface area (TPSA) is 30.7 Å². The van der Waals surface area contributed by atoms with Gasteiger partial charge in [-0.1, -0.05) is 23.7 Å². The monoisotopic (exact) mass is 243 g/mol. The number of hydrogen-bond acceptors (Lipinski definition) is 2. The summed E-state index contributed by atoms with van der Waals surface area (Å²) < 4.78 is 2.10. The van der Waals surface area contributed by atoms with Crippen molar-refractivity contribution < 1.29 is 0 Å². The van der Waals surface area contributed by atoms with Gasteiger partial charge in [-0.05, 0) is 23.8 Å². The minimum Gasteiger partial charge on any atom is -0.326 e. The number of benzene rings is 1. The van der Waals surface area contributed by atoms with Crippen LogP contribution in [0.15, 0.2) is 49.1 Å². The molecule has 0 amide bonds. The number of halogens is 1. The summed E-state index contributed by atoms with van der Waals surface area (Å²) in [5.74, 6) is 0. The van der Waals surface area contributed by atoms with E-state index in [4.69, 9.17) is 11.6 Å². The standard InChI is InChI=1S/C13H10ClN3/c14-11-3-1-10(2-4-11)8-17-9-16-12-7-15-6-5-13(12)17/h1-7,9H,8H2. The van der Waals surface area contributed by atoms with E-state index in [1.165, 1.54) is 5.56 Å². The summed E-state index contributed by atoms with van der Waals surface area (Å²) in [6.07, 6.45) is 5.39. The summed E-state index contributed by atoms with van der Waals surface area (Å²) in [6.45, 7) is 0.789. The molecule has 0 saturated heterocycles. The van der Waals surface area contributed by atoms with Gasteiger partial charge in [0, 0.05) is 17.8 Å². The highest BCUT2D eigenvalue weighted by molar-refractivity contribution is 6.30. The molecule has 0 unspecified atom stereocenters. The lowest BCUT2D eigenvalue weighted by molar-refractivity contribution is 0.824. The Morgan fingerprint density at radius 1 is 1.12 bits per heavy atom. The van der Waals surface area contributed by atoms with E-state index in [9.17, 15) is 0 Å². The van der Waals surface area contributed by atoms with E-state index in [0.717, 1.165) is 22.6 Å². The molecule has 0 saturated carbocycles. The zero-order chi connectivity index (χ0) is 11.7. The lowest BCUT2D eigenvalue weighted by Gasteiger charge is -2.04. The van der Waals surface area contributed by atoms with Crippen LogP contribution in [0, 0.1) is 0 Å². The van der Waals surface area contributed by atoms with Gasteiger partial charge in [-0.2, -0.15) is 0 Å². The van der Waals surface area contributed by atoms with Gasteiger partial charge in [-0.25, -0.2) is 4.98 Å². The minimum absolute atomic E-state index is 0.758. The molecule has 2 heterocycles. The van der Waals surface area contributed by atoms with Crippen LogP contribution in [-0.2, 0) is 6.54 Å². The van der Waals surface area contributed by atoms with Gasteiger partial charge in [0.25, 0.3) is 0 Å². The van der Waals surface area contributed by atoms with Gasteiger partial charge < -0.3 is 4.57 Å². The second-order valence-electron chi connectivity index (χ2n) is 3.86. The van der Waals surface area contributed by atoms with Gasteiger partial charge in [0.15, 0.2) is 0 Å². The molecule has 17 heavy (non-hydrogen) atoms. The zero-order valence-electron chi connectivity index (χ0n) is 9.05. The summed E-state index contributed by atoms with van der Waals surface area (Å²) in [6, 6.07) is 9.82. The van der Waals surface area contributed by atoms with Crippen LogP contribution in [0.25, 0.3) is 11.0 Å². The molecule has 0 radical (unpaired) electrons. The molecule has 3 aromatic rings. The summed E-state index contributed by atoms with van der Waals surface area (Å²) in [5.41, 5.74) is 3.21. The molecule has 0 aliphatic carbocycles. The van der Waals surface area contributed by atoms with Crippen LogP contribution in [-0.4, -0.2) is 14.5 Å². The molecule has 4 heteroatoms. The molecular weight excluding hydrogens is 234 g/mol. The van der Waals surface area contributed by atoms with Crippen molar-refractivity contribution in [3.8, 4) is 0 Å². The molecule has 0 spiro atoms. The van der Waals surface area contributed by atoms with E-state index in [0.29, 0.717) is 0 Å². The third-order valence-electron chi connectivity index (χ3n) is 2.69. The van der Waals surface area contributed by atoms with Crippen LogP contribution in [0.5, 0.6) is 0 Å². The molecule has 3 rings (SSSR count). The highest BCUT2D eigenvalue weighted by Crippen LogP contribution is 2.14. The predicted octanol–water partition coefficient (Wildman–Crippen LogP) is 3.13. The maximum absolute atomic E-state index is 5.86. The fourth-order valence-electron chi connectivity index (χ4n) is 1.83. The van der Waals surface area contributed by atoms with E-state index in [1.807, 2.05) is 36.7 Å². The molecule has 0 N–H and O–H groups in total. The van der Waals surface area contributed by atoms with Crippen molar-refractivity contribution in [2.75, 3.05) is 0 Å². The SMILES string of the molecule is Clc1ccc(Cn2cnc3cnccc32)cc1. The molecule has 0 aliphatic heterocycles. The largest absolute Gasteiger partial charge is 0.326 e. The molecule has 2 aromatic heterocycles. The Labute approximate surface area is 104 Å². The van der Waals surface area contributed by atoms with E-state index in [-0.39, 0.29) is 0 Å². The number of rotatable bonds is 2. The second-order valence-corrected chi connectivity index (χ2v) is 4.30. The van der Waals surface area contributed by atoms with Crippen LogP contribution in [0.2, 0.25) is 5.02 Å². The van der Waals surface area contributed by atoms with Gasteiger partial charge in [0.1, 0.15) is 5.52 Å². The first-order valence-corrected chi connectivity index (χ1v) is 5.70. The predicted molar refractivity (Wildman–Crippen MR) is 68.1 cm³/mol. The smallest absolute Gasteiger partial charge is 0.107 e. The fourth-order valence-corrected chi connectivity index (χ4v) is 1.95. The summed E-state index contributed by atoms with van der Waals surface area (Å²) in [7, 11) is 0. The Bertz CT molecular complexity index is 643. The Hall–Kier alpha value is -1.87. The van der Waals surface area contributed by atoms with E-state index < -0.39 is 0 Å². The lowest BCUT2D eigenvalue weighted by Crippen LogP contribution is -1.97. The number of fused-ring (bicyclic) bond motifs is 1. The van der Waals surface area contributed by atoms with E-state index in [2.05, 4.69) is 14.5 Å². The Morgan fingerprint density at radius 2 is 1.94 bits per heavy atom. The first-order valence-electron chi connectivity index (χ1n) is 5.32. The molecule has 0 fully saturated rings. The molecule has 0 atom stereocenters. The normalized spacial score (nSPS) is 10.9. The van der Waals surface area contributed by atoms with Crippen molar-refractivity contribution in [3.05, 3.63) is 59.6 Å². The fraction of sp³-hybridized carbons (Fsp3) is 0.0769. The molecule has 0 bridgehead atoms. The van der Waals surface area contributed by atoms with Gasteiger partial charge in [-0.3, -0.25) is 4.98 Å². The Morgan fingerprint density at radius 3 is 2.76 bits per heavy atom.